The molecule has 1 heterocycles. The number of halogens is 1. The SMILES string of the molecule is COC1=N[N]C(C)=C1F. The van der Waals surface area contributed by atoms with Crippen LogP contribution >= 0.6 is 0 Å². The predicted molar refractivity (Wildman–Crippen MR) is 30.4 cm³/mol. The Morgan fingerprint density at radius 1 is 1.56 bits per heavy atom. The highest BCUT2D eigenvalue weighted by molar-refractivity contribution is 5.93. The van der Waals surface area contributed by atoms with Crippen LogP contribution in [0.1, 0.15) is 6.92 Å². The van der Waals surface area contributed by atoms with Gasteiger partial charge in [0.2, 0.25) is 5.83 Å². The molecule has 0 saturated heterocycles. The fourth-order valence-corrected chi connectivity index (χ4v) is 0.493. The van der Waals surface area contributed by atoms with E-state index in [-0.39, 0.29) is 11.6 Å². The molecule has 4 heteroatoms. The van der Waals surface area contributed by atoms with Crippen LogP contribution in [0.5, 0.6) is 0 Å². The van der Waals surface area contributed by atoms with Crippen LogP contribution in [0.25, 0.3) is 0 Å². The molecule has 0 N–H and O–H groups in total. The lowest BCUT2D eigenvalue weighted by molar-refractivity contribution is 0.391. The van der Waals surface area contributed by atoms with Crippen molar-refractivity contribution in [1.82, 2.24) is 5.43 Å². The molecule has 49 valence electrons. The fourth-order valence-electron chi connectivity index (χ4n) is 0.493. The van der Waals surface area contributed by atoms with Gasteiger partial charge in [0.15, 0.2) is 0 Å². The van der Waals surface area contributed by atoms with Gasteiger partial charge in [-0.2, -0.15) is 4.39 Å². The minimum atomic E-state index is -0.475. The van der Waals surface area contributed by atoms with E-state index in [0.717, 1.165) is 0 Å². The summed E-state index contributed by atoms with van der Waals surface area (Å²) in [7, 11) is 1.35. The maximum Gasteiger partial charge on any atom is 0.271 e. The molecule has 0 unspecified atom stereocenters. The molecule has 0 aromatic heterocycles. The first-order chi connectivity index (χ1) is 4.25. The van der Waals surface area contributed by atoms with E-state index in [1.54, 1.807) is 0 Å². The monoisotopic (exact) mass is 129 g/mol. The Morgan fingerprint density at radius 2 is 2.22 bits per heavy atom. The van der Waals surface area contributed by atoms with Gasteiger partial charge in [-0.3, -0.25) is 0 Å². The Kier molecular flexibility index (Phi) is 1.38. The van der Waals surface area contributed by atoms with Crippen molar-refractivity contribution < 1.29 is 9.13 Å². The molecule has 0 aromatic carbocycles. The number of ether oxygens (including phenoxy) is 1. The Labute approximate surface area is 52.2 Å². The Morgan fingerprint density at radius 3 is 2.44 bits per heavy atom. The third-order valence-corrected chi connectivity index (χ3v) is 0.990. The molecule has 0 bridgehead atoms. The zero-order chi connectivity index (χ0) is 6.85. The summed E-state index contributed by atoms with van der Waals surface area (Å²) in [4.78, 5) is 0. The molecular formula is C5H6FN2O. The van der Waals surface area contributed by atoms with E-state index in [9.17, 15) is 4.39 Å². The van der Waals surface area contributed by atoms with E-state index < -0.39 is 5.83 Å². The Balaban J connectivity index is 2.79. The van der Waals surface area contributed by atoms with Crippen molar-refractivity contribution in [3.8, 4) is 0 Å². The lowest BCUT2D eigenvalue weighted by Gasteiger charge is -1.91. The number of allylic oxidation sites excluding steroid dienone is 1. The van der Waals surface area contributed by atoms with Gasteiger partial charge in [-0.25, -0.2) is 0 Å². The maximum absolute atomic E-state index is 12.5. The summed E-state index contributed by atoms with van der Waals surface area (Å²) in [6.45, 7) is 1.53. The molecule has 1 aliphatic heterocycles. The number of hydrogen-bond donors (Lipinski definition) is 0. The third-order valence-electron chi connectivity index (χ3n) is 0.990. The van der Waals surface area contributed by atoms with Crippen molar-refractivity contribution in [2.24, 2.45) is 5.10 Å². The molecule has 1 radical (unpaired) electrons. The topological polar surface area (TPSA) is 35.7 Å². The highest BCUT2D eigenvalue weighted by atomic mass is 19.1. The average Bonchev–Trinajstić information content (AvgIpc) is 2.15. The highest BCUT2D eigenvalue weighted by Gasteiger charge is 2.17. The summed E-state index contributed by atoms with van der Waals surface area (Å²) in [5.74, 6) is -0.509. The lowest BCUT2D eigenvalue weighted by atomic mass is 10.4. The highest BCUT2D eigenvalue weighted by Crippen LogP contribution is 2.12. The van der Waals surface area contributed by atoms with E-state index in [0.29, 0.717) is 0 Å². The first-order valence-corrected chi connectivity index (χ1v) is 2.45. The van der Waals surface area contributed by atoms with Crippen molar-refractivity contribution >= 4 is 5.90 Å². The number of methoxy groups -OCH3 is 1. The summed E-state index contributed by atoms with van der Waals surface area (Å²) in [6, 6.07) is 0. The normalized spacial score (nSPS) is 17.4. The van der Waals surface area contributed by atoms with Gasteiger partial charge >= 0.3 is 0 Å². The van der Waals surface area contributed by atoms with Gasteiger partial charge in [-0.05, 0) is 6.92 Å². The van der Waals surface area contributed by atoms with Crippen molar-refractivity contribution in [3.05, 3.63) is 11.5 Å². The van der Waals surface area contributed by atoms with Crippen molar-refractivity contribution in [3.63, 3.8) is 0 Å². The molecule has 0 spiro atoms. The first kappa shape index (κ1) is 6.07. The predicted octanol–water partition coefficient (Wildman–Crippen LogP) is 0.765. The molecule has 1 aliphatic rings. The van der Waals surface area contributed by atoms with E-state index in [2.05, 4.69) is 15.3 Å². The quantitative estimate of drug-likeness (QED) is 0.475. The minimum absolute atomic E-state index is 0.0347. The number of rotatable bonds is 0. The van der Waals surface area contributed by atoms with Crippen LogP contribution in [-0.2, 0) is 4.74 Å². The summed E-state index contributed by atoms with van der Waals surface area (Å²) in [5.41, 5.74) is 3.71. The average molecular weight is 129 g/mol. The van der Waals surface area contributed by atoms with Crippen LogP contribution < -0.4 is 5.43 Å². The second-order valence-corrected chi connectivity index (χ2v) is 1.61. The Hall–Kier alpha value is -1.06. The van der Waals surface area contributed by atoms with Crippen LogP contribution in [0.2, 0.25) is 0 Å². The van der Waals surface area contributed by atoms with Crippen LogP contribution in [0.4, 0.5) is 4.39 Å². The van der Waals surface area contributed by atoms with Crippen LogP contribution in [-0.4, -0.2) is 13.0 Å². The largest absolute Gasteiger partial charge is 0.478 e. The maximum atomic E-state index is 12.5. The van der Waals surface area contributed by atoms with Crippen molar-refractivity contribution in [1.29, 1.82) is 0 Å². The van der Waals surface area contributed by atoms with Gasteiger partial charge in [0, 0.05) is 0 Å². The van der Waals surface area contributed by atoms with Crippen LogP contribution in [0.3, 0.4) is 0 Å². The molecule has 0 fully saturated rings. The summed E-state index contributed by atoms with van der Waals surface area (Å²) < 4.78 is 17.0. The molecule has 0 amide bonds. The van der Waals surface area contributed by atoms with Gasteiger partial charge in [-0.1, -0.05) is 0 Å². The van der Waals surface area contributed by atoms with Gasteiger partial charge in [0.25, 0.3) is 5.90 Å². The first-order valence-electron chi connectivity index (χ1n) is 2.45. The fraction of sp³-hybridized carbons (Fsp3) is 0.400. The molecular weight excluding hydrogens is 123 g/mol. The molecule has 1 rings (SSSR count). The molecule has 3 nitrogen and oxygen atoms in total. The van der Waals surface area contributed by atoms with Gasteiger partial charge < -0.3 is 4.74 Å². The smallest absolute Gasteiger partial charge is 0.271 e. The van der Waals surface area contributed by atoms with Crippen molar-refractivity contribution in [2.45, 2.75) is 6.92 Å². The minimum Gasteiger partial charge on any atom is -0.478 e. The van der Waals surface area contributed by atoms with Gasteiger partial charge in [-0.15, -0.1) is 10.5 Å². The van der Waals surface area contributed by atoms with E-state index in [1.165, 1.54) is 14.0 Å². The standard InChI is InChI=1S/C5H6FN2O/c1-3-4(6)5(9-2)8-7-3/h1-2H3. The van der Waals surface area contributed by atoms with E-state index in [4.69, 9.17) is 0 Å². The zero-order valence-corrected chi connectivity index (χ0v) is 5.18. The number of hydrogen-bond acceptors (Lipinski definition) is 2. The van der Waals surface area contributed by atoms with E-state index in [1.807, 2.05) is 0 Å². The summed E-state index contributed by atoms with van der Waals surface area (Å²) in [5, 5.41) is 3.39. The molecule has 0 saturated carbocycles. The van der Waals surface area contributed by atoms with E-state index >= 15 is 0 Å². The zero-order valence-electron chi connectivity index (χ0n) is 5.18. The second-order valence-electron chi connectivity index (χ2n) is 1.61. The molecule has 0 aliphatic carbocycles. The summed E-state index contributed by atoms with van der Waals surface area (Å²) >= 11 is 0. The Bertz CT molecular complexity index is 185. The second kappa shape index (κ2) is 2.05. The van der Waals surface area contributed by atoms with Gasteiger partial charge in [0.05, 0.1) is 7.11 Å². The van der Waals surface area contributed by atoms with Crippen LogP contribution in [0.15, 0.2) is 16.6 Å². The van der Waals surface area contributed by atoms with Crippen molar-refractivity contribution in [2.75, 3.05) is 7.11 Å². The third kappa shape index (κ3) is 0.872. The molecule has 0 aromatic rings. The summed E-state index contributed by atoms with van der Waals surface area (Å²) in [6.07, 6.45) is 0. The lowest BCUT2D eigenvalue weighted by Crippen LogP contribution is -1.97. The van der Waals surface area contributed by atoms with Crippen LogP contribution in [0, 0.1) is 0 Å². The van der Waals surface area contributed by atoms with Gasteiger partial charge in [0.1, 0.15) is 5.70 Å². The molecule has 0 atom stereocenters. The number of nitrogens with zero attached hydrogens (tertiary/aromatic N) is 2. The molecule has 9 heavy (non-hydrogen) atoms.